The van der Waals surface area contributed by atoms with Crippen LogP contribution in [0, 0.1) is 0 Å². The summed E-state index contributed by atoms with van der Waals surface area (Å²) in [7, 11) is 0. The Morgan fingerprint density at radius 2 is 0.909 bits per heavy atom. The summed E-state index contributed by atoms with van der Waals surface area (Å²) in [6, 6.07) is -1.20. The number of hydrogen-bond acceptors (Lipinski definition) is 10. The van der Waals surface area contributed by atoms with Crippen molar-refractivity contribution in [3.63, 3.8) is 0 Å². The minimum Gasteiger partial charge on any atom is -0.394 e. The number of hydrogen-bond donors (Lipinski definition) is 8. The molecule has 1 fully saturated rings. The van der Waals surface area contributed by atoms with Crippen LogP contribution >= 0.6 is 0 Å². The van der Waals surface area contributed by atoms with E-state index in [4.69, 9.17) is 9.47 Å². The number of rotatable bonds is 45. The van der Waals surface area contributed by atoms with E-state index < -0.39 is 74.2 Å². The lowest BCUT2D eigenvalue weighted by Crippen LogP contribution is -2.60. The second-order valence-corrected chi connectivity index (χ2v) is 18.9. The minimum absolute atomic E-state index is 0.239. The van der Waals surface area contributed by atoms with E-state index in [0.29, 0.717) is 19.3 Å². The minimum atomic E-state index is -1.67. The van der Waals surface area contributed by atoms with Gasteiger partial charge in [-0.3, -0.25) is 4.79 Å². The molecule has 1 rings (SSSR count). The number of ether oxygens (including phenoxy) is 2. The van der Waals surface area contributed by atoms with Gasteiger partial charge in [-0.15, -0.1) is 0 Å². The maximum Gasteiger partial charge on any atom is 0.249 e. The van der Waals surface area contributed by atoms with Crippen molar-refractivity contribution in [2.45, 2.75) is 281 Å². The van der Waals surface area contributed by atoms with Crippen LogP contribution in [0.4, 0.5) is 0 Å². The Bertz CT molecular complexity index is 1210. The molecule has 0 radical (unpaired) electrons. The normalized spacial score (nSPS) is 21.1. The lowest BCUT2D eigenvalue weighted by atomic mass is 9.98. The van der Waals surface area contributed by atoms with Crippen molar-refractivity contribution in [1.29, 1.82) is 0 Å². The van der Waals surface area contributed by atoms with Gasteiger partial charge in [-0.1, -0.05) is 184 Å². The van der Waals surface area contributed by atoms with Gasteiger partial charge in [0, 0.05) is 0 Å². The van der Waals surface area contributed by atoms with E-state index in [1.807, 2.05) is 0 Å². The standard InChI is InChI=1S/C55H101NO10/c1-3-5-7-9-11-13-15-17-19-21-22-23-24-25-26-27-29-31-33-35-37-39-41-43-48(59)54(64)56-46(45-65-55-53(63)52(62)51(61)49(44-57)66-55)50(60)47(58)42-40-38-36-34-32-30-28-20-18-16-14-12-10-8-6-4-2/h12,14,20,25-26,28,34,36,46-53,55,57-63H,3-11,13,15-19,21-24,27,29-33,35,37-45H2,1-2H3,(H,56,64)/b14-12+,26-25-,28-20+,36-34+. The summed E-state index contributed by atoms with van der Waals surface area (Å²) in [6.45, 7) is 3.40. The van der Waals surface area contributed by atoms with E-state index in [2.05, 4.69) is 67.8 Å². The summed E-state index contributed by atoms with van der Waals surface area (Å²) >= 11 is 0. The first-order valence-electron chi connectivity index (χ1n) is 27.0. The van der Waals surface area contributed by atoms with Crippen molar-refractivity contribution >= 4 is 5.91 Å². The van der Waals surface area contributed by atoms with Crippen molar-refractivity contribution in [3.05, 3.63) is 48.6 Å². The Labute approximate surface area is 402 Å². The van der Waals surface area contributed by atoms with Gasteiger partial charge in [-0.2, -0.15) is 0 Å². The summed E-state index contributed by atoms with van der Waals surface area (Å²) < 4.78 is 11.1. The van der Waals surface area contributed by atoms with Crippen LogP contribution in [0.1, 0.15) is 226 Å². The van der Waals surface area contributed by atoms with Crippen LogP contribution in [0.25, 0.3) is 0 Å². The van der Waals surface area contributed by atoms with Gasteiger partial charge in [0.25, 0.3) is 0 Å². The van der Waals surface area contributed by atoms with E-state index >= 15 is 0 Å². The predicted molar refractivity (Wildman–Crippen MR) is 270 cm³/mol. The predicted octanol–water partition coefficient (Wildman–Crippen LogP) is 10.5. The molecule has 9 unspecified atom stereocenters. The van der Waals surface area contributed by atoms with Crippen molar-refractivity contribution in [3.8, 4) is 0 Å². The second-order valence-electron chi connectivity index (χ2n) is 18.9. The van der Waals surface area contributed by atoms with Gasteiger partial charge in [0.1, 0.15) is 36.6 Å². The molecule has 1 aliphatic rings. The highest BCUT2D eigenvalue weighted by atomic mass is 16.7. The van der Waals surface area contributed by atoms with E-state index in [-0.39, 0.29) is 12.8 Å². The molecule has 11 nitrogen and oxygen atoms in total. The topological polar surface area (TPSA) is 189 Å². The highest BCUT2D eigenvalue weighted by Crippen LogP contribution is 2.23. The molecular formula is C55H101NO10. The number of allylic oxidation sites excluding steroid dienone is 8. The molecule has 0 saturated carbocycles. The number of unbranched alkanes of at least 4 members (excludes halogenated alkanes) is 25. The molecule has 1 aliphatic heterocycles. The monoisotopic (exact) mass is 936 g/mol. The van der Waals surface area contributed by atoms with Gasteiger partial charge in [0.05, 0.1) is 25.4 Å². The summed E-state index contributed by atoms with van der Waals surface area (Å²) in [5, 5.41) is 75.9. The molecule has 0 spiro atoms. The molecule has 386 valence electrons. The van der Waals surface area contributed by atoms with Crippen molar-refractivity contribution in [2.75, 3.05) is 13.2 Å². The Morgan fingerprint density at radius 1 is 0.515 bits per heavy atom. The molecule has 11 heteroatoms. The number of carbonyl (C=O) groups excluding carboxylic acids is 1. The van der Waals surface area contributed by atoms with Gasteiger partial charge in [0.15, 0.2) is 6.29 Å². The third-order valence-electron chi connectivity index (χ3n) is 12.8. The van der Waals surface area contributed by atoms with Gasteiger partial charge in [0.2, 0.25) is 5.91 Å². The van der Waals surface area contributed by atoms with Crippen molar-refractivity contribution in [2.24, 2.45) is 0 Å². The third-order valence-corrected chi connectivity index (χ3v) is 12.8. The zero-order valence-electron chi connectivity index (χ0n) is 41.9. The fourth-order valence-corrected chi connectivity index (χ4v) is 8.35. The van der Waals surface area contributed by atoms with Gasteiger partial charge in [-0.05, 0) is 89.9 Å². The SMILES string of the molecule is CCCCC/C=C/CC/C=C/CC/C=C/CCCC(O)C(O)C(COC1OC(CO)C(O)C(O)C1O)NC(=O)C(O)CCCCCCCCC/C=C\CCCCCCCCCCCCCC. The van der Waals surface area contributed by atoms with E-state index in [1.54, 1.807) is 0 Å². The summed E-state index contributed by atoms with van der Waals surface area (Å²) in [4.78, 5) is 13.1. The Balaban J connectivity index is 2.38. The Morgan fingerprint density at radius 3 is 1.38 bits per heavy atom. The average Bonchev–Trinajstić information content (AvgIpc) is 3.32. The average molecular weight is 936 g/mol. The maximum atomic E-state index is 13.1. The highest BCUT2D eigenvalue weighted by molar-refractivity contribution is 5.80. The van der Waals surface area contributed by atoms with Crippen LogP contribution in [-0.2, 0) is 14.3 Å². The van der Waals surface area contributed by atoms with E-state index in [1.165, 1.54) is 116 Å². The molecule has 0 aromatic heterocycles. The second kappa shape index (κ2) is 44.3. The maximum absolute atomic E-state index is 13.1. The molecule has 8 N–H and O–H groups in total. The Hall–Kier alpha value is -1.93. The molecule has 0 aromatic rings. The molecule has 1 amide bonds. The molecule has 1 heterocycles. The quantitative estimate of drug-likeness (QED) is 0.0216. The number of aliphatic hydroxyl groups excluding tert-OH is 7. The lowest BCUT2D eigenvalue weighted by molar-refractivity contribution is -0.303. The Kier molecular flexibility index (Phi) is 41.7. The first-order chi connectivity index (χ1) is 32.2. The summed E-state index contributed by atoms with van der Waals surface area (Å²) in [5.74, 6) is -0.716. The first kappa shape index (κ1) is 62.1. The smallest absolute Gasteiger partial charge is 0.249 e. The molecule has 9 atom stereocenters. The zero-order valence-corrected chi connectivity index (χ0v) is 41.9. The van der Waals surface area contributed by atoms with Crippen molar-refractivity contribution < 1.29 is 50.0 Å². The number of carbonyl (C=O) groups is 1. The zero-order chi connectivity index (χ0) is 48.3. The fourth-order valence-electron chi connectivity index (χ4n) is 8.35. The lowest BCUT2D eigenvalue weighted by Gasteiger charge is -2.40. The van der Waals surface area contributed by atoms with Gasteiger partial charge < -0.3 is 50.5 Å². The first-order valence-corrected chi connectivity index (χ1v) is 27.0. The third kappa shape index (κ3) is 32.8. The molecule has 66 heavy (non-hydrogen) atoms. The summed E-state index contributed by atoms with van der Waals surface area (Å²) in [6.07, 6.45) is 43.0. The van der Waals surface area contributed by atoms with E-state index in [0.717, 1.165) is 64.2 Å². The van der Waals surface area contributed by atoms with Crippen LogP contribution < -0.4 is 5.32 Å². The van der Waals surface area contributed by atoms with E-state index in [9.17, 15) is 40.5 Å². The molecular weight excluding hydrogens is 835 g/mol. The fraction of sp³-hybridized carbons (Fsp3) is 0.836. The summed E-state index contributed by atoms with van der Waals surface area (Å²) in [5.41, 5.74) is 0. The molecule has 1 saturated heterocycles. The van der Waals surface area contributed by atoms with Gasteiger partial charge >= 0.3 is 0 Å². The van der Waals surface area contributed by atoms with Crippen LogP contribution in [0.2, 0.25) is 0 Å². The van der Waals surface area contributed by atoms with Crippen LogP contribution in [-0.4, -0.2) is 110 Å². The number of nitrogens with one attached hydrogen (secondary N) is 1. The molecule has 0 aromatic carbocycles. The molecule has 0 aliphatic carbocycles. The highest BCUT2D eigenvalue weighted by Gasteiger charge is 2.44. The van der Waals surface area contributed by atoms with Crippen LogP contribution in [0.5, 0.6) is 0 Å². The van der Waals surface area contributed by atoms with Crippen LogP contribution in [0.3, 0.4) is 0 Å². The van der Waals surface area contributed by atoms with Gasteiger partial charge in [-0.25, -0.2) is 0 Å². The van der Waals surface area contributed by atoms with Crippen LogP contribution in [0.15, 0.2) is 48.6 Å². The number of aliphatic hydroxyl groups is 7. The number of amides is 1. The molecule has 0 bridgehead atoms. The van der Waals surface area contributed by atoms with Crippen molar-refractivity contribution in [1.82, 2.24) is 5.32 Å². The largest absolute Gasteiger partial charge is 0.394 e.